The highest BCUT2D eigenvalue weighted by atomic mass is 28.3. The van der Waals surface area contributed by atoms with Gasteiger partial charge in [-0.3, -0.25) is 0 Å². The molecular formula is C12H18OSi. The summed E-state index contributed by atoms with van der Waals surface area (Å²) in [6.45, 7) is 8.12. The lowest BCUT2D eigenvalue weighted by Gasteiger charge is -2.27. The molecule has 1 aromatic carbocycles. The van der Waals surface area contributed by atoms with Gasteiger partial charge in [-0.15, -0.1) is 6.58 Å². The molecule has 0 fully saturated rings. The van der Waals surface area contributed by atoms with Gasteiger partial charge in [0.2, 0.25) is 0 Å². The molecule has 0 aromatic heterocycles. The van der Waals surface area contributed by atoms with Gasteiger partial charge in [0.05, 0.1) is 13.8 Å². The number of benzene rings is 1. The molecule has 0 amide bonds. The monoisotopic (exact) mass is 206 g/mol. The molecule has 0 bridgehead atoms. The van der Waals surface area contributed by atoms with Crippen molar-refractivity contribution in [3.05, 3.63) is 48.6 Å². The zero-order valence-corrected chi connectivity index (χ0v) is 9.90. The van der Waals surface area contributed by atoms with Gasteiger partial charge in [-0.1, -0.05) is 49.5 Å². The zero-order valence-electron chi connectivity index (χ0n) is 8.90. The highest BCUT2D eigenvalue weighted by Crippen LogP contribution is 2.27. The van der Waals surface area contributed by atoms with Crippen LogP contribution >= 0.6 is 0 Å². The van der Waals surface area contributed by atoms with Crippen LogP contribution in [0.25, 0.3) is 0 Å². The molecule has 2 heteroatoms. The van der Waals surface area contributed by atoms with Crippen LogP contribution in [0.5, 0.6) is 0 Å². The van der Waals surface area contributed by atoms with E-state index in [1.807, 2.05) is 36.4 Å². The van der Waals surface area contributed by atoms with Crippen molar-refractivity contribution in [2.45, 2.75) is 24.9 Å². The van der Waals surface area contributed by atoms with E-state index in [0.29, 0.717) is 0 Å². The van der Waals surface area contributed by atoms with Gasteiger partial charge < -0.3 is 5.11 Å². The predicted molar refractivity (Wildman–Crippen MR) is 63.9 cm³/mol. The summed E-state index contributed by atoms with van der Waals surface area (Å²) < 4.78 is 0. The molecule has 14 heavy (non-hydrogen) atoms. The summed E-state index contributed by atoms with van der Waals surface area (Å²) in [7, 11) is -1.61. The second kappa shape index (κ2) is 4.58. The molecule has 0 spiro atoms. The molecule has 0 radical (unpaired) electrons. The fourth-order valence-corrected chi connectivity index (χ4v) is 3.63. The van der Waals surface area contributed by atoms with E-state index in [-0.39, 0.29) is 5.73 Å². The minimum Gasteiger partial charge on any atom is -0.392 e. The van der Waals surface area contributed by atoms with Crippen molar-refractivity contribution in [3.63, 3.8) is 0 Å². The van der Waals surface area contributed by atoms with Gasteiger partial charge in [-0.05, 0) is 11.6 Å². The molecule has 0 aliphatic heterocycles. The number of aliphatic hydroxyl groups excluding tert-OH is 1. The number of allylic oxidation sites excluding steroid dienone is 1. The van der Waals surface area contributed by atoms with Gasteiger partial charge in [0, 0.05) is 0 Å². The van der Waals surface area contributed by atoms with E-state index in [1.54, 1.807) is 0 Å². The Labute approximate surface area is 87.1 Å². The predicted octanol–water partition coefficient (Wildman–Crippen LogP) is 3.15. The summed E-state index contributed by atoms with van der Waals surface area (Å²) in [6, 6.07) is 10.8. The van der Waals surface area contributed by atoms with Crippen molar-refractivity contribution in [2.24, 2.45) is 0 Å². The first-order valence-electron chi connectivity index (χ1n) is 4.92. The van der Waals surface area contributed by atoms with Crippen molar-refractivity contribution in [3.8, 4) is 0 Å². The van der Waals surface area contributed by atoms with Crippen molar-refractivity contribution in [2.75, 3.05) is 0 Å². The Balaban J connectivity index is 2.84. The number of rotatable bonds is 4. The summed E-state index contributed by atoms with van der Waals surface area (Å²) in [4.78, 5) is 0. The topological polar surface area (TPSA) is 20.2 Å². The summed E-state index contributed by atoms with van der Waals surface area (Å²) in [6.07, 6.45) is 1.92. The van der Waals surface area contributed by atoms with Crippen LogP contribution < -0.4 is 0 Å². The third-order valence-corrected chi connectivity index (χ3v) is 5.68. The number of hydrogen-bond donors (Lipinski definition) is 1. The van der Waals surface area contributed by atoms with Crippen LogP contribution in [0, 0.1) is 0 Å². The van der Waals surface area contributed by atoms with Crippen LogP contribution in [0.4, 0.5) is 0 Å². The molecule has 1 aromatic rings. The van der Waals surface area contributed by atoms with Crippen molar-refractivity contribution >= 4 is 8.07 Å². The Morgan fingerprint density at radius 2 is 1.93 bits per heavy atom. The molecule has 1 rings (SSSR count). The lowest BCUT2D eigenvalue weighted by Crippen LogP contribution is -2.34. The highest BCUT2D eigenvalue weighted by Gasteiger charge is 2.29. The third kappa shape index (κ3) is 2.56. The standard InChI is InChI=1S/C12H18OSi/c1-4-10-14(2,3)12(13)11-8-6-5-7-9-11/h4-9,12-13H,1,10H2,2-3H3. The van der Waals surface area contributed by atoms with E-state index >= 15 is 0 Å². The van der Waals surface area contributed by atoms with Gasteiger partial charge >= 0.3 is 0 Å². The van der Waals surface area contributed by atoms with Gasteiger partial charge in [-0.2, -0.15) is 0 Å². The van der Waals surface area contributed by atoms with E-state index in [1.165, 1.54) is 0 Å². The molecule has 0 saturated heterocycles. The van der Waals surface area contributed by atoms with Crippen molar-refractivity contribution in [1.82, 2.24) is 0 Å². The van der Waals surface area contributed by atoms with Gasteiger partial charge in [-0.25, -0.2) is 0 Å². The Kier molecular flexibility index (Phi) is 3.67. The summed E-state index contributed by atoms with van der Waals surface area (Å²) >= 11 is 0. The Morgan fingerprint density at radius 3 is 2.43 bits per heavy atom. The normalized spacial score (nSPS) is 13.6. The van der Waals surface area contributed by atoms with E-state index in [9.17, 15) is 5.11 Å². The number of aliphatic hydroxyl groups is 1. The van der Waals surface area contributed by atoms with Gasteiger partial charge in [0.15, 0.2) is 0 Å². The maximum absolute atomic E-state index is 10.2. The SMILES string of the molecule is C=CC[Si](C)(C)C(O)c1ccccc1. The first-order valence-corrected chi connectivity index (χ1v) is 8.20. The molecule has 1 nitrogen and oxygen atoms in total. The minimum absolute atomic E-state index is 0.290. The average molecular weight is 206 g/mol. The van der Waals surface area contributed by atoms with Gasteiger partial charge in [0.1, 0.15) is 0 Å². The largest absolute Gasteiger partial charge is 0.392 e. The maximum Gasteiger partial charge on any atom is 0.0905 e. The maximum atomic E-state index is 10.2. The van der Waals surface area contributed by atoms with Crippen molar-refractivity contribution < 1.29 is 5.11 Å². The molecular weight excluding hydrogens is 188 g/mol. The van der Waals surface area contributed by atoms with E-state index in [0.717, 1.165) is 11.6 Å². The minimum atomic E-state index is -1.61. The number of hydrogen-bond acceptors (Lipinski definition) is 1. The fourth-order valence-electron chi connectivity index (χ4n) is 1.57. The van der Waals surface area contributed by atoms with E-state index < -0.39 is 8.07 Å². The Hall–Kier alpha value is -0.863. The molecule has 0 aliphatic carbocycles. The lowest BCUT2D eigenvalue weighted by molar-refractivity contribution is 0.249. The zero-order chi connectivity index (χ0) is 10.6. The van der Waals surface area contributed by atoms with Crippen LogP contribution in [0.2, 0.25) is 19.1 Å². The van der Waals surface area contributed by atoms with E-state index in [2.05, 4.69) is 19.7 Å². The van der Waals surface area contributed by atoms with E-state index in [4.69, 9.17) is 0 Å². The second-order valence-corrected chi connectivity index (χ2v) is 9.23. The molecule has 1 unspecified atom stereocenters. The van der Waals surface area contributed by atoms with Crippen LogP contribution in [0.1, 0.15) is 11.3 Å². The summed E-state index contributed by atoms with van der Waals surface area (Å²) in [5.41, 5.74) is 0.743. The molecule has 0 heterocycles. The fraction of sp³-hybridized carbons (Fsp3) is 0.333. The molecule has 0 saturated carbocycles. The smallest absolute Gasteiger partial charge is 0.0905 e. The van der Waals surface area contributed by atoms with Crippen LogP contribution in [-0.4, -0.2) is 13.2 Å². The molecule has 1 N–H and O–H groups in total. The first-order chi connectivity index (χ1) is 6.58. The quantitative estimate of drug-likeness (QED) is 0.592. The van der Waals surface area contributed by atoms with Crippen LogP contribution in [0.15, 0.2) is 43.0 Å². The average Bonchev–Trinajstić information content (AvgIpc) is 2.18. The van der Waals surface area contributed by atoms with Gasteiger partial charge in [0.25, 0.3) is 0 Å². The highest BCUT2D eigenvalue weighted by molar-refractivity contribution is 6.78. The lowest BCUT2D eigenvalue weighted by atomic mass is 10.2. The van der Waals surface area contributed by atoms with Crippen molar-refractivity contribution in [1.29, 1.82) is 0 Å². The molecule has 1 atom stereocenters. The Morgan fingerprint density at radius 1 is 1.36 bits per heavy atom. The summed E-state index contributed by atoms with van der Waals surface area (Å²) in [5, 5.41) is 10.2. The molecule has 76 valence electrons. The molecule has 0 aliphatic rings. The summed E-state index contributed by atoms with van der Waals surface area (Å²) in [5.74, 6) is 0. The first kappa shape index (κ1) is 11.2. The Bertz CT molecular complexity index is 292. The van der Waals surface area contributed by atoms with Crippen LogP contribution in [0.3, 0.4) is 0 Å². The second-order valence-electron chi connectivity index (χ2n) is 4.29. The third-order valence-electron chi connectivity index (χ3n) is 2.53. The van der Waals surface area contributed by atoms with Crippen LogP contribution in [-0.2, 0) is 0 Å².